The van der Waals surface area contributed by atoms with Gasteiger partial charge in [0.25, 0.3) is 5.91 Å². The first-order chi connectivity index (χ1) is 10.8. The highest BCUT2D eigenvalue weighted by molar-refractivity contribution is 7.99. The van der Waals surface area contributed by atoms with Gasteiger partial charge in [-0.25, -0.2) is 0 Å². The summed E-state index contributed by atoms with van der Waals surface area (Å²) in [6.45, 7) is 4.09. The number of H-pyrrole nitrogens is 1. The van der Waals surface area contributed by atoms with E-state index in [4.69, 9.17) is 0 Å². The van der Waals surface area contributed by atoms with Gasteiger partial charge in [0, 0.05) is 23.8 Å². The van der Waals surface area contributed by atoms with E-state index < -0.39 is 10.8 Å². The van der Waals surface area contributed by atoms with Crippen molar-refractivity contribution >= 4 is 23.4 Å². The second kappa shape index (κ2) is 6.88. The molecule has 1 amide bonds. The van der Waals surface area contributed by atoms with Gasteiger partial charge in [0.2, 0.25) is 5.69 Å². The van der Waals surface area contributed by atoms with Crippen LogP contribution in [0.15, 0.2) is 0 Å². The minimum absolute atomic E-state index is 0.105. The molecule has 23 heavy (non-hydrogen) atoms. The van der Waals surface area contributed by atoms with Crippen molar-refractivity contribution in [1.82, 2.24) is 20.4 Å². The highest BCUT2D eigenvalue weighted by Gasteiger charge is 2.38. The van der Waals surface area contributed by atoms with Crippen LogP contribution in [0.1, 0.15) is 42.4 Å². The zero-order valence-electron chi connectivity index (χ0n) is 13.9. The van der Waals surface area contributed by atoms with Crippen molar-refractivity contribution in [3.05, 3.63) is 21.5 Å². The van der Waals surface area contributed by atoms with Gasteiger partial charge in [0.1, 0.15) is 5.69 Å². The molecule has 1 aromatic heterocycles. The Labute approximate surface area is 139 Å². The Hall–Kier alpha value is -1.61. The summed E-state index contributed by atoms with van der Waals surface area (Å²) in [4.78, 5) is 25.3. The largest absolute Gasteiger partial charge is 0.349 e. The third kappa shape index (κ3) is 3.50. The lowest BCUT2D eigenvalue weighted by atomic mass is 9.97. The summed E-state index contributed by atoms with van der Waals surface area (Å²) in [5.41, 5.74) is -0.0962. The van der Waals surface area contributed by atoms with E-state index in [0.717, 1.165) is 17.9 Å². The summed E-state index contributed by atoms with van der Waals surface area (Å²) in [6.07, 6.45) is 0.977. The van der Waals surface area contributed by atoms with Gasteiger partial charge in [0.05, 0.1) is 4.92 Å². The molecule has 128 valence electrons. The molecular formula is C14H23N5O3S. The molecule has 1 aliphatic rings. The number of hydrogen-bond acceptors (Lipinski definition) is 6. The normalized spacial score (nSPS) is 21.1. The number of aromatic amines is 1. The Morgan fingerprint density at radius 1 is 1.57 bits per heavy atom. The highest BCUT2D eigenvalue weighted by Crippen LogP contribution is 2.32. The molecule has 1 fully saturated rings. The second-order valence-electron chi connectivity index (χ2n) is 6.35. The zero-order valence-corrected chi connectivity index (χ0v) is 14.7. The van der Waals surface area contributed by atoms with Gasteiger partial charge in [-0.1, -0.05) is 13.8 Å². The molecule has 1 saturated heterocycles. The van der Waals surface area contributed by atoms with Crippen LogP contribution in [0.3, 0.4) is 0 Å². The quantitative estimate of drug-likeness (QED) is 0.602. The highest BCUT2D eigenvalue weighted by atomic mass is 32.2. The van der Waals surface area contributed by atoms with E-state index in [1.807, 2.05) is 39.7 Å². The predicted octanol–water partition coefficient (Wildman–Crippen LogP) is 1.61. The summed E-state index contributed by atoms with van der Waals surface area (Å²) in [5, 5.41) is 20.6. The standard InChI is InChI=1S/C14H23N5O3S/c1-9(2)10-12(19(21)22)11(17-16-10)13(20)15-7-14(18(3)4)5-6-23-8-14/h9H,5-8H2,1-4H3,(H,15,20)(H,16,17). The number of hydrogen-bond donors (Lipinski definition) is 2. The van der Waals surface area contributed by atoms with Crippen LogP contribution in [0.25, 0.3) is 0 Å². The molecule has 1 atom stereocenters. The fourth-order valence-electron chi connectivity index (χ4n) is 2.67. The molecule has 2 rings (SSSR count). The number of carbonyl (C=O) groups excluding carboxylic acids is 1. The van der Waals surface area contributed by atoms with Crippen LogP contribution in [0.4, 0.5) is 5.69 Å². The average molecular weight is 341 g/mol. The number of nitrogens with zero attached hydrogens (tertiary/aromatic N) is 3. The molecule has 8 nitrogen and oxygen atoms in total. The SMILES string of the molecule is CC(C)c1[nH]nc(C(=O)NCC2(N(C)C)CCSC2)c1[N+](=O)[O-]. The van der Waals surface area contributed by atoms with Gasteiger partial charge in [-0.05, 0) is 26.3 Å². The first-order valence-electron chi connectivity index (χ1n) is 7.54. The van der Waals surface area contributed by atoms with E-state index >= 15 is 0 Å². The van der Waals surface area contributed by atoms with E-state index in [2.05, 4.69) is 20.4 Å². The zero-order chi connectivity index (χ0) is 17.2. The number of thioether (sulfide) groups is 1. The van der Waals surface area contributed by atoms with Crippen LogP contribution in [-0.2, 0) is 0 Å². The monoisotopic (exact) mass is 341 g/mol. The number of likely N-dealkylation sites (N-methyl/N-ethyl adjacent to an activating group) is 1. The van der Waals surface area contributed by atoms with Crippen molar-refractivity contribution in [2.45, 2.75) is 31.7 Å². The van der Waals surface area contributed by atoms with Crippen molar-refractivity contribution in [1.29, 1.82) is 0 Å². The minimum Gasteiger partial charge on any atom is -0.349 e. The summed E-state index contributed by atoms with van der Waals surface area (Å²) in [6, 6.07) is 0. The summed E-state index contributed by atoms with van der Waals surface area (Å²) < 4.78 is 0. The molecule has 2 N–H and O–H groups in total. The van der Waals surface area contributed by atoms with Crippen LogP contribution in [0.2, 0.25) is 0 Å². The second-order valence-corrected chi connectivity index (χ2v) is 7.46. The molecule has 1 aliphatic heterocycles. The van der Waals surface area contributed by atoms with Crippen molar-refractivity contribution in [3.63, 3.8) is 0 Å². The number of carbonyl (C=O) groups is 1. The number of nitrogens with one attached hydrogen (secondary N) is 2. The molecule has 0 aromatic carbocycles. The predicted molar refractivity (Wildman–Crippen MR) is 90.0 cm³/mol. The van der Waals surface area contributed by atoms with Crippen LogP contribution >= 0.6 is 11.8 Å². The Bertz CT molecular complexity index is 593. The van der Waals surface area contributed by atoms with E-state index in [0.29, 0.717) is 12.2 Å². The minimum atomic E-state index is -0.541. The van der Waals surface area contributed by atoms with Gasteiger partial charge < -0.3 is 10.2 Å². The third-order valence-corrected chi connectivity index (χ3v) is 5.59. The van der Waals surface area contributed by atoms with Gasteiger partial charge in [-0.15, -0.1) is 0 Å². The van der Waals surface area contributed by atoms with E-state index in [1.54, 1.807) is 0 Å². The molecule has 0 bridgehead atoms. The molecule has 0 saturated carbocycles. The van der Waals surface area contributed by atoms with Crippen molar-refractivity contribution in [2.24, 2.45) is 0 Å². The van der Waals surface area contributed by atoms with Crippen LogP contribution in [-0.4, -0.2) is 63.6 Å². The number of rotatable bonds is 6. The Morgan fingerprint density at radius 2 is 2.26 bits per heavy atom. The van der Waals surface area contributed by atoms with Gasteiger partial charge in [-0.2, -0.15) is 16.9 Å². The number of amides is 1. The average Bonchev–Trinajstić information content (AvgIpc) is 3.12. The lowest BCUT2D eigenvalue weighted by Crippen LogP contribution is -2.53. The Balaban J connectivity index is 2.17. The molecule has 0 radical (unpaired) electrons. The van der Waals surface area contributed by atoms with Crippen molar-refractivity contribution in [3.8, 4) is 0 Å². The van der Waals surface area contributed by atoms with Crippen LogP contribution in [0, 0.1) is 10.1 Å². The molecular weight excluding hydrogens is 318 g/mol. The van der Waals surface area contributed by atoms with E-state index in [-0.39, 0.29) is 22.8 Å². The van der Waals surface area contributed by atoms with Crippen molar-refractivity contribution < 1.29 is 9.72 Å². The van der Waals surface area contributed by atoms with E-state index in [9.17, 15) is 14.9 Å². The van der Waals surface area contributed by atoms with Gasteiger partial charge in [0.15, 0.2) is 0 Å². The molecule has 1 aromatic rings. The van der Waals surface area contributed by atoms with Crippen molar-refractivity contribution in [2.75, 3.05) is 32.1 Å². The molecule has 1 unspecified atom stereocenters. The summed E-state index contributed by atoms with van der Waals surface area (Å²) >= 11 is 1.85. The lowest BCUT2D eigenvalue weighted by molar-refractivity contribution is -0.385. The summed E-state index contributed by atoms with van der Waals surface area (Å²) in [5.74, 6) is 1.37. The lowest BCUT2D eigenvalue weighted by Gasteiger charge is -2.35. The molecule has 2 heterocycles. The first kappa shape index (κ1) is 17.7. The smallest absolute Gasteiger partial charge is 0.323 e. The molecule has 0 spiro atoms. The topological polar surface area (TPSA) is 104 Å². The number of aromatic nitrogens is 2. The Morgan fingerprint density at radius 3 is 2.74 bits per heavy atom. The van der Waals surface area contributed by atoms with E-state index in [1.165, 1.54) is 0 Å². The maximum atomic E-state index is 12.4. The number of nitro groups is 1. The van der Waals surface area contributed by atoms with Gasteiger partial charge >= 0.3 is 5.69 Å². The Kier molecular flexibility index (Phi) is 5.30. The molecule has 0 aliphatic carbocycles. The summed E-state index contributed by atoms with van der Waals surface area (Å²) in [7, 11) is 3.98. The van der Waals surface area contributed by atoms with Crippen LogP contribution in [0.5, 0.6) is 0 Å². The maximum absolute atomic E-state index is 12.4. The maximum Gasteiger partial charge on any atom is 0.323 e. The first-order valence-corrected chi connectivity index (χ1v) is 8.70. The van der Waals surface area contributed by atoms with Gasteiger partial charge in [-0.3, -0.25) is 20.0 Å². The van der Waals surface area contributed by atoms with Crippen LogP contribution < -0.4 is 5.32 Å². The fourth-order valence-corrected chi connectivity index (χ4v) is 4.22. The third-order valence-electron chi connectivity index (χ3n) is 4.35. The fraction of sp³-hybridized carbons (Fsp3) is 0.714. The molecule has 9 heteroatoms.